The molecule has 0 aromatic heterocycles. The van der Waals surface area contributed by atoms with E-state index in [1.807, 2.05) is 0 Å². The molecule has 0 aliphatic carbocycles. The van der Waals surface area contributed by atoms with Crippen LogP contribution in [0.4, 0.5) is 10.5 Å². The monoisotopic (exact) mass is 476 g/mol. The predicted molar refractivity (Wildman–Crippen MR) is 126 cm³/mol. The number of alkyl carbamates (subject to hydrolysis) is 1. The van der Waals surface area contributed by atoms with Crippen molar-refractivity contribution in [1.29, 1.82) is 0 Å². The number of anilines is 1. The molecule has 2 aromatic rings. The zero-order valence-corrected chi connectivity index (χ0v) is 20.7. The van der Waals surface area contributed by atoms with Gasteiger partial charge in [-0.3, -0.25) is 4.72 Å². The molecule has 0 radical (unpaired) electrons. The first-order valence-electron chi connectivity index (χ1n) is 10.5. The Morgan fingerprint density at radius 2 is 1.48 bits per heavy atom. The van der Waals surface area contributed by atoms with E-state index >= 15 is 0 Å². The molecule has 1 atom stereocenters. The molecule has 0 saturated heterocycles. The molecule has 2 N–H and O–H groups in total. The van der Waals surface area contributed by atoms with Crippen LogP contribution >= 0.6 is 0 Å². The molecule has 0 bridgehead atoms. The molecule has 0 saturated carbocycles. The Labute approximate surface area is 195 Å². The average Bonchev–Trinajstić information content (AvgIpc) is 2.65. The molecule has 33 heavy (non-hydrogen) atoms. The number of benzene rings is 2. The smallest absolute Gasteiger partial charge is 0.408 e. The Bertz CT molecular complexity index is 1070. The van der Waals surface area contributed by atoms with Gasteiger partial charge in [-0.2, -0.15) is 0 Å². The molecule has 0 aliphatic heterocycles. The van der Waals surface area contributed by atoms with Crippen molar-refractivity contribution in [3.05, 3.63) is 60.2 Å². The molecular weight excluding hydrogens is 444 g/mol. The Kier molecular flexibility index (Phi) is 8.13. The first-order chi connectivity index (χ1) is 15.1. The van der Waals surface area contributed by atoms with Crippen LogP contribution in [0.25, 0.3) is 0 Å². The Morgan fingerprint density at radius 3 is 2.06 bits per heavy atom. The molecule has 180 valence electrons. The van der Waals surface area contributed by atoms with E-state index in [1.54, 1.807) is 84.0 Å². The van der Waals surface area contributed by atoms with Crippen molar-refractivity contribution in [3.8, 4) is 0 Å². The molecule has 0 spiro atoms. The standard InChI is InChI=1S/C24H32N2O6S/c1-23(2,3)31-21(27)20(25-22(28)32-24(4,5)6)16-17-11-10-12-18(15-17)26-33(29,30)19-13-8-7-9-14-19/h7-15,20,26H,16H2,1-6H3,(H,25,28)/t20-/m0/s1. The van der Waals surface area contributed by atoms with Crippen LogP contribution in [0.15, 0.2) is 59.5 Å². The van der Waals surface area contributed by atoms with Crippen molar-refractivity contribution in [3.63, 3.8) is 0 Å². The van der Waals surface area contributed by atoms with Crippen molar-refractivity contribution in [2.24, 2.45) is 0 Å². The lowest BCUT2D eigenvalue weighted by Crippen LogP contribution is -2.47. The van der Waals surface area contributed by atoms with Gasteiger partial charge in [-0.05, 0) is 71.4 Å². The summed E-state index contributed by atoms with van der Waals surface area (Å²) in [5.41, 5.74) is -0.539. The van der Waals surface area contributed by atoms with Crippen LogP contribution in [0, 0.1) is 0 Å². The molecule has 2 aromatic carbocycles. The molecule has 0 aliphatic rings. The summed E-state index contributed by atoms with van der Waals surface area (Å²) in [6.07, 6.45) is -0.672. The number of hydrogen-bond acceptors (Lipinski definition) is 6. The van der Waals surface area contributed by atoms with E-state index in [-0.39, 0.29) is 11.3 Å². The number of nitrogens with one attached hydrogen (secondary N) is 2. The second kappa shape index (κ2) is 10.2. The summed E-state index contributed by atoms with van der Waals surface area (Å²) >= 11 is 0. The highest BCUT2D eigenvalue weighted by Crippen LogP contribution is 2.19. The molecule has 0 heterocycles. The SMILES string of the molecule is CC(C)(C)OC(=O)N[C@@H](Cc1cccc(NS(=O)(=O)c2ccccc2)c1)C(=O)OC(C)(C)C. The third-order valence-corrected chi connectivity index (χ3v) is 5.45. The molecule has 2 rings (SSSR count). The van der Waals surface area contributed by atoms with Gasteiger partial charge in [0, 0.05) is 12.1 Å². The highest BCUT2D eigenvalue weighted by Gasteiger charge is 2.29. The molecular formula is C24H32N2O6S. The quantitative estimate of drug-likeness (QED) is 0.578. The second-order valence-electron chi connectivity index (χ2n) is 9.56. The molecule has 8 nitrogen and oxygen atoms in total. The number of esters is 1. The molecule has 1 amide bonds. The van der Waals surface area contributed by atoms with Crippen LogP contribution in [-0.4, -0.2) is 37.7 Å². The number of hydrogen-bond donors (Lipinski definition) is 2. The lowest BCUT2D eigenvalue weighted by molar-refractivity contribution is -0.157. The average molecular weight is 477 g/mol. The van der Waals surface area contributed by atoms with Crippen LogP contribution in [0.5, 0.6) is 0 Å². The number of ether oxygens (including phenoxy) is 2. The number of rotatable bonds is 7. The fraction of sp³-hybridized carbons (Fsp3) is 0.417. The molecule has 9 heteroatoms. The van der Waals surface area contributed by atoms with Gasteiger partial charge in [0.2, 0.25) is 0 Å². The highest BCUT2D eigenvalue weighted by atomic mass is 32.2. The van der Waals surface area contributed by atoms with E-state index < -0.39 is 39.3 Å². The van der Waals surface area contributed by atoms with Gasteiger partial charge in [0.25, 0.3) is 10.0 Å². The van der Waals surface area contributed by atoms with Gasteiger partial charge in [0.05, 0.1) is 4.90 Å². The Hall–Kier alpha value is -3.07. The summed E-state index contributed by atoms with van der Waals surface area (Å²) in [7, 11) is -3.77. The van der Waals surface area contributed by atoms with Gasteiger partial charge in [-0.25, -0.2) is 18.0 Å². The second-order valence-corrected chi connectivity index (χ2v) is 11.2. The molecule has 0 unspecified atom stereocenters. The minimum atomic E-state index is -3.77. The van der Waals surface area contributed by atoms with Gasteiger partial charge >= 0.3 is 12.1 Å². The maximum Gasteiger partial charge on any atom is 0.408 e. The number of carbonyl (C=O) groups excluding carboxylic acids is 2. The summed E-state index contributed by atoms with van der Waals surface area (Å²) in [6, 6.07) is 13.6. The first-order valence-corrected chi connectivity index (χ1v) is 12.0. The fourth-order valence-corrected chi connectivity index (χ4v) is 3.90. The summed E-state index contributed by atoms with van der Waals surface area (Å²) in [5.74, 6) is -0.622. The maximum absolute atomic E-state index is 12.8. The normalized spacial score (nSPS) is 13.0. The van der Waals surface area contributed by atoms with E-state index in [2.05, 4.69) is 10.0 Å². The Balaban J connectivity index is 2.23. The van der Waals surface area contributed by atoms with Gasteiger partial charge < -0.3 is 14.8 Å². The van der Waals surface area contributed by atoms with Crippen LogP contribution in [0.3, 0.4) is 0 Å². The summed E-state index contributed by atoms with van der Waals surface area (Å²) < 4.78 is 38.5. The lowest BCUT2D eigenvalue weighted by atomic mass is 10.0. The zero-order chi connectivity index (χ0) is 24.9. The van der Waals surface area contributed by atoms with Gasteiger partial charge in [0.15, 0.2) is 0 Å². The molecule has 0 fully saturated rings. The lowest BCUT2D eigenvalue weighted by Gasteiger charge is -2.26. The van der Waals surface area contributed by atoms with Crippen LogP contribution < -0.4 is 10.0 Å². The van der Waals surface area contributed by atoms with Crippen LogP contribution in [0.1, 0.15) is 47.1 Å². The minimum absolute atomic E-state index is 0.0784. The van der Waals surface area contributed by atoms with Gasteiger partial charge in [0.1, 0.15) is 17.2 Å². The highest BCUT2D eigenvalue weighted by molar-refractivity contribution is 7.92. The third-order valence-electron chi connectivity index (χ3n) is 4.05. The van der Waals surface area contributed by atoms with Crippen LogP contribution in [-0.2, 0) is 30.7 Å². The van der Waals surface area contributed by atoms with Crippen molar-refractivity contribution >= 4 is 27.8 Å². The van der Waals surface area contributed by atoms with Gasteiger partial charge in [-0.15, -0.1) is 0 Å². The van der Waals surface area contributed by atoms with Crippen molar-refractivity contribution in [2.45, 2.75) is 70.1 Å². The minimum Gasteiger partial charge on any atom is -0.458 e. The van der Waals surface area contributed by atoms with E-state index in [0.29, 0.717) is 11.3 Å². The van der Waals surface area contributed by atoms with Gasteiger partial charge in [-0.1, -0.05) is 30.3 Å². The van der Waals surface area contributed by atoms with E-state index in [1.165, 1.54) is 12.1 Å². The summed E-state index contributed by atoms with van der Waals surface area (Å²) in [5, 5.41) is 2.56. The topological polar surface area (TPSA) is 111 Å². The third kappa shape index (κ3) is 9.13. The summed E-state index contributed by atoms with van der Waals surface area (Å²) in [6.45, 7) is 10.4. The fourth-order valence-electron chi connectivity index (χ4n) is 2.83. The van der Waals surface area contributed by atoms with Crippen LogP contribution in [0.2, 0.25) is 0 Å². The summed E-state index contributed by atoms with van der Waals surface area (Å²) in [4.78, 5) is 25.2. The largest absolute Gasteiger partial charge is 0.458 e. The number of carbonyl (C=O) groups is 2. The van der Waals surface area contributed by atoms with Crippen molar-refractivity contribution in [1.82, 2.24) is 5.32 Å². The van der Waals surface area contributed by atoms with Crippen molar-refractivity contribution in [2.75, 3.05) is 4.72 Å². The number of amides is 1. The zero-order valence-electron chi connectivity index (χ0n) is 19.8. The predicted octanol–water partition coefficient (Wildman–Crippen LogP) is 4.26. The van der Waals surface area contributed by atoms with E-state index in [4.69, 9.17) is 9.47 Å². The van der Waals surface area contributed by atoms with Crippen molar-refractivity contribution < 1.29 is 27.5 Å². The van der Waals surface area contributed by atoms with E-state index in [9.17, 15) is 18.0 Å². The number of sulfonamides is 1. The first kappa shape index (κ1) is 26.2. The van der Waals surface area contributed by atoms with E-state index in [0.717, 1.165) is 0 Å². The Morgan fingerprint density at radius 1 is 0.879 bits per heavy atom. The maximum atomic E-state index is 12.8.